The number of nitrogens with zero attached hydrogens (tertiary/aromatic N) is 1. The van der Waals surface area contributed by atoms with Gasteiger partial charge in [-0.3, -0.25) is 0 Å². The minimum Gasteiger partial charge on any atom is -0.248 e. The summed E-state index contributed by atoms with van der Waals surface area (Å²) < 4.78 is 0. The zero-order valence-electron chi connectivity index (χ0n) is 9.56. The molecule has 3 rings (SSSR count). The minimum absolute atomic E-state index is 0.879. The van der Waals surface area contributed by atoms with Crippen LogP contribution in [0.5, 0.6) is 0 Å². The molecule has 17 heavy (non-hydrogen) atoms. The highest BCUT2D eigenvalue weighted by Gasteiger charge is 2.06. The summed E-state index contributed by atoms with van der Waals surface area (Å²) in [6, 6.07) is 16.6. The standard InChI is InChI=1S/C16H13N/c1-2-7-12-13-8-3-5-10-15(13)17-16-11-6-4-9-14(12)16/h2-6,8-11H,1,7H2. The first-order chi connectivity index (χ1) is 8.40. The highest BCUT2D eigenvalue weighted by molar-refractivity contribution is 5.97. The number of pyridine rings is 1. The van der Waals surface area contributed by atoms with Crippen LogP contribution in [-0.4, -0.2) is 4.98 Å². The van der Waals surface area contributed by atoms with Gasteiger partial charge >= 0.3 is 0 Å². The molecule has 0 unspecified atom stereocenters. The topological polar surface area (TPSA) is 12.9 Å². The molecular weight excluding hydrogens is 206 g/mol. The molecule has 0 fully saturated rings. The van der Waals surface area contributed by atoms with E-state index in [2.05, 4.69) is 48.0 Å². The van der Waals surface area contributed by atoms with Crippen molar-refractivity contribution in [1.82, 2.24) is 4.98 Å². The Morgan fingerprint density at radius 3 is 1.94 bits per heavy atom. The van der Waals surface area contributed by atoms with Crippen LogP contribution < -0.4 is 0 Å². The van der Waals surface area contributed by atoms with Crippen LogP contribution in [0.4, 0.5) is 0 Å². The fraction of sp³-hybridized carbons (Fsp3) is 0.0625. The number of hydrogen-bond donors (Lipinski definition) is 0. The van der Waals surface area contributed by atoms with Gasteiger partial charge in [0.15, 0.2) is 0 Å². The van der Waals surface area contributed by atoms with Crippen LogP contribution >= 0.6 is 0 Å². The molecule has 82 valence electrons. The van der Waals surface area contributed by atoms with Crippen molar-refractivity contribution in [1.29, 1.82) is 0 Å². The fourth-order valence-electron chi connectivity index (χ4n) is 2.29. The summed E-state index contributed by atoms with van der Waals surface area (Å²) in [4.78, 5) is 4.69. The molecule has 1 nitrogen and oxygen atoms in total. The van der Waals surface area contributed by atoms with Gasteiger partial charge in [-0.25, -0.2) is 4.98 Å². The van der Waals surface area contributed by atoms with E-state index in [-0.39, 0.29) is 0 Å². The lowest BCUT2D eigenvalue weighted by atomic mass is 10.0. The fourth-order valence-corrected chi connectivity index (χ4v) is 2.29. The number of fused-ring (bicyclic) bond motifs is 2. The lowest BCUT2D eigenvalue weighted by molar-refractivity contribution is 1.32. The number of hydrogen-bond acceptors (Lipinski definition) is 1. The second-order valence-electron chi connectivity index (χ2n) is 4.12. The second-order valence-corrected chi connectivity index (χ2v) is 4.12. The Kier molecular flexibility index (Phi) is 2.37. The average molecular weight is 219 g/mol. The van der Waals surface area contributed by atoms with E-state index in [4.69, 9.17) is 0 Å². The van der Waals surface area contributed by atoms with Gasteiger partial charge in [0.05, 0.1) is 11.0 Å². The van der Waals surface area contributed by atoms with Crippen molar-refractivity contribution in [2.45, 2.75) is 6.42 Å². The van der Waals surface area contributed by atoms with Crippen LogP contribution in [-0.2, 0) is 6.42 Å². The highest BCUT2D eigenvalue weighted by atomic mass is 14.7. The molecule has 0 N–H and O–H groups in total. The van der Waals surface area contributed by atoms with Crippen molar-refractivity contribution in [3.63, 3.8) is 0 Å². The Labute approximate surface area is 100 Å². The molecule has 2 aromatic carbocycles. The Hall–Kier alpha value is -2.15. The smallest absolute Gasteiger partial charge is 0.0712 e. The molecule has 0 aliphatic carbocycles. The maximum atomic E-state index is 4.69. The normalized spacial score (nSPS) is 10.8. The van der Waals surface area contributed by atoms with E-state index in [1.54, 1.807) is 0 Å². The van der Waals surface area contributed by atoms with E-state index in [0.717, 1.165) is 17.5 Å². The van der Waals surface area contributed by atoms with Crippen molar-refractivity contribution in [2.24, 2.45) is 0 Å². The molecule has 0 saturated carbocycles. The predicted octanol–water partition coefficient (Wildman–Crippen LogP) is 4.12. The van der Waals surface area contributed by atoms with E-state index >= 15 is 0 Å². The third-order valence-electron chi connectivity index (χ3n) is 3.05. The zero-order chi connectivity index (χ0) is 11.7. The van der Waals surface area contributed by atoms with Crippen LogP contribution in [0.2, 0.25) is 0 Å². The van der Waals surface area contributed by atoms with Crippen LogP contribution in [0.1, 0.15) is 5.56 Å². The Balaban J connectivity index is 2.51. The van der Waals surface area contributed by atoms with Gasteiger partial charge in [-0.05, 0) is 24.1 Å². The van der Waals surface area contributed by atoms with E-state index < -0.39 is 0 Å². The summed E-state index contributed by atoms with van der Waals surface area (Å²) in [6.07, 6.45) is 2.83. The van der Waals surface area contributed by atoms with Gasteiger partial charge in [-0.15, -0.1) is 6.58 Å². The lowest BCUT2D eigenvalue weighted by Gasteiger charge is -2.08. The number of rotatable bonds is 2. The minimum atomic E-state index is 0.879. The number of para-hydroxylation sites is 2. The molecule has 0 spiro atoms. The van der Waals surface area contributed by atoms with Gasteiger partial charge in [-0.2, -0.15) is 0 Å². The van der Waals surface area contributed by atoms with Gasteiger partial charge < -0.3 is 0 Å². The Morgan fingerprint density at radius 1 is 0.882 bits per heavy atom. The molecule has 0 radical (unpaired) electrons. The van der Waals surface area contributed by atoms with Crippen LogP contribution in [0.3, 0.4) is 0 Å². The first-order valence-corrected chi connectivity index (χ1v) is 5.77. The molecule has 0 amide bonds. The lowest BCUT2D eigenvalue weighted by Crippen LogP contribution is -1.90. The summed E-state index contributed by atoms with van der Waals surface area (Å²) in [5.41, 5.74) is 3.44. The maximum absolute atomic E-state index is 4.69. The van der Waals surface area contributed by atoms with Crippen LogP contribution in [0, 0.1) is 0 Å². The molecule has 1 heterocycles. The van der Waals surface area contributed by atoms with Gasteiger partial charge in [-0.1, -0.05) is 42.5 Å². The molecule has 0 aliphatic rings. The summed E-state index contributed by atoms with van der Waals surface area (Å²) in [5.74, 6) is 0. The quantitative estimate of drug-likeness (QED) is 0.466. The summed E-state index contributed by atoms with van der Waals surface area (Å²) >= 11 is 0. The van der Waals surface area contributed by atoms with Crippen molar-refractivity contribution in [3.8, 4) is 0 Å². The number of benzene rings is 2. The van der Waals surface area contributed by atoms with Gasteiger partial charge in [0.2, 0.25) is 0 Å². The van der Waals surface area contributed by atoms with Crippen molar-refractivity contribution in [2.75, 3.05) is 0 Å². The number of aromatic nitrogens is 1. The second kappa shape index (κ2) is 4.02. The Morgan fingerprint density at radius 2 is 1.41 bits per heavy atom. The maximum Gasteiger partial charge on any atom is 0.0712 e. The van der Waals surface area contributed by atoms with E-state index in [9.17, 15) is 0 Å². The van der Waals surface area contributed by atoms with Crippen LogP contribution in [0.15, 0.2) is 61.2 Å². The number of allylic oxidation sites excluding steroid dienone is 1. The zero-order valence-corrected chi connectivity index (χ0v) is 9.56. The average Bonchev–Trinajstić information content (AvgIpc) is 2.39. The molecule has 0 saturated heterocycles. The third kappa shape index (κ3) is 1.60. The molecule has 0 aliphatic heterocycles. The highest BCUT2D eigenvalue weighted by Crippen LogP contribution is 2.26. The summed E-state index contributed by atoms with van der Waals surface area (Å²) in [5, 5.41) is 2.46. The van der Waals surface area contributed by atoms with Gasteiger partial charge in [0, 0.05) is 10.8 Å². The SMILES string of the molecule is C=CCc1c2ccccc2nc2ccccc12. The first kappa shape index (κ1) is 10.0. The first-order valence-electron chi connectivity index (χ1n) is 5.77. The molecule has 3 aromatic rings. The third-order valence-corrected chi connectivity index (χ3v) is 3.05. The van der Waals surface area contributed by atoms with Crippen molar-refractivity contribution >= 4 is 21.8 Å². The Bertz CT molecular complexity index is 644. The van der Waals surface area contributed by atoms with Crippen molar-refractivity contribution in [3.05, 3.63) is 66.7 Å². The summed E-state index contributed by atoms with van der Waals surface area (Å²) in [7, 11) is 0. The predicted molar refractivity (Wildman–Crippen MR) is 73.2 cm³/mol. The van der Waals surface area contributed by atoms with Gasteiger partial charge in [0.1, 0.15) is 0 Å². The molecular formula is C16H13N. The monoisotopic (exact) mass is 219 g/mol. The van der Waals surface area contributed by atoms with Gasteiger partial charge in [0.25, 0.3) is 0 Å². The molecule has 0 bridgehead atoms. The van der Waals surface area contributed by atoms with Crippen molar-refractivity contribution < 1.29 is 0 Å². The van der Waals surface area contributed by atoms with E-state index in [0.29, 0.717) is 0 Å². The molecule has 0 atom stereocenters. The van der Waals surface area contributed by atoms with E-state index in [1.807, 2.05) is 18.2 Å². The largest absolute Gasteiger partial charge is 0.248 e. The van der Waals surface area contributed by atoms with E-state index in [1.165, 1.54) is 16.3 Å². The molecule has 1 heteroatoms. The molecule has 1 aromatic heterocycles. The summed E-state index contributed by atoms with van der Waals surface area (Å²) in [6.45, 7) is 3.85. The van der Waals surface area contributed by atoms with Crippen LogP contribution in [0.25, 0.3) is 21.8 Å².